The minimum atomic E-state index is -3.55. The maximum atomic E-state index is 12.7. The summed E-state index contributed by atoms with van der Waals surface area (Å²) in [5.41, 5.74) is 1.18. The van der Waals surface area contributed by atoms with E-state index in [4.69, 9.17) is 21.1 Å². The van der Waals surface area contributed by atoms with Crippen molar-refractivity contribution in [1.82, 2.24) is 13.9 Å². The van der Waals surface area contributed by atoms with Gasteiger partial charge in [-0.1, -0.05) is 25.4 Å². The van der Waals surface area contributed by atoms with Crippen molar-refractivity contribution in [3.63, 3.8) is 0 Å². The first-order chi connectivity index (χ1) is 15.7. The highest BCUT2D eigenvalue weighted by Crippen LogP contribution is 2.36. The van der Waals surface area contributed by atoms with Gasteiger partial charge in [-0.3, -0.25) is 4.79 Å². The molecule has 11 heteroatoms. The molecule has 0 aliphatic carbocycles. The Labute approximate surface area is 198 Å². The molecule has 3 rings (SSSR count). The number of aromatic nitrogens is 2. The largest absolute Gasteiger partial charge is 0.495 e. The molecule has 2 aromatic carbocycles. The summed E-state index contributed by atoms with van der Waals surface area (Å²) in [5, 5.41) is 3.04. The third kappa shape index (κ3) is 5.13. The lowest BCUT2D eigenvalue weighted by atomic mass is 10.2. The molecule has 1 amide bonds. The third-order valence-electron chi connectivity index (χ3n) is 5.02. The van der Waals surface area contributed by atoms with Gasteiger partial charge in [0, 0.05) is 31.0 Å². The van der Waals surface area contributed by atoms with Crippen LogP contribution in [0.25, 0.3) is 5.69 Å². The lowest BCUT2D eigenvalue weighted by molar-refractivity contribution is 0.102. The number of nitrogens with one attached hydrogen (secondary N) is 1. The van der Waals surface area contributed by atoms with Crippen LogP contribution in [-0.4, -0.2) is 55.5 Å². The van der Waals surface area contributed by atoms with E-state index >= 15 is 0 Å². The fourth-order valence-electron chi connectivity index (χ4n) is 3.23. The Bertz CT molecular complexity index is 1240. The van der Waals surface area contributed by atoms with Crippen LogP contribution >= 0.6 is 11.6 Å². The van der Waals surface area contributed by atoms with Crippen LogP contribution in [0, 0.1) is 0 Å². The number of halogens is 1. The van der Waals surface area contributed by atoms with Gasteiger partial charge in [0.05, 0.1) is 29.8 Å². The second-order valence-corrected chi connectivity index (χ2v) is 9.24. The highest BCUT2D eigenvalue weighted by molar-refractivity contribution is 7.89. The molecule has 0 radical (unpaired) electrons. The zero-order valence-electron chi connectivity index (χ0n) is 18.7. The van der Waals surface area contributed by atoms with E-state index in [1.807, 2.05) is 0 Å². The third-order valence-corrected chi connectivity index (χ3v) is 7.37. The number of imidazole rings is 1. The van der Waals surface area contributed by atoms with Gasteiger partial charge in [-0.05, 0) is 30.3 Å². The lowest BCUT2D eigenvalue weighted by Crippen LogP contribution is -2.30. The molecule has 176 valence electrons. The van der Waals surface area contributed by atoms with Crippen molar-refractivity contribution >= 4 is 33.2 Å². The molecule has 0 atom stereocenters. The average molecular weight is 493 g/mol. The normalized spacial score (nSPS) is 11.5. The van der Waals surface area contributed by atoms with Crippen molar-refractivity contribution in [2.45, 2.75) is 18.7 Å². The van der Waals surface area contributed by atoms with Crippen LogP contribution in [0.4, 0.5) is 5.69 Å². The number of anilines is 1. The maximum Gasteiger partial charge on any atom is 0.275 e. The summed E-state index contributed by atoms with van der Waals surface area (Å²) in [4.78, 5) is 17.1. The second-order valence-electron chi connectivity index (χ2n) is 6.89. The van der Waals surface area contributed by atoms with Crippen LogP contribution in [0.5, 0.6) is 11.5 Å². The molecule has 0 spiro atoms. The number of rotatable bonds is 9. The number of benzene rings is 2. The van der Waals surface area contributed by atoms with Crippen molar-refractivity contribution in [2.24, 2.45) is 0 Å². The molecular weight excluding hydrogens is 468 g/mol. The molecule has 1 aromatic heterocycles. The van der Waals surface area contributed by atoms with E-state index < -0.39 is 15.9 Å². The molecule has 33 heavy (non-hydrogen) atoms. The van der Waals surface area contributed by atoms with E-state index in [2.05, 4.69) is 10.3 Å². The van der Waals surface area contributed by atoms with E-state index in [0.717, 1.165) is 0 Å². The summed E-state index contributed by atoms with van der Waals surface area (Å²) >= 11 is 6.16. The first-order valence-electron chi connectivity index (χ1n) is 10.1. The van der Waals surface area contributed by atoms with Crippen LogP contribution in [0.1, 0.15) is 24.3 Å². The van der Waals surface area contributed by atoms with E-state index in [1.54, 1.807) is 42.8 Å². The Morgan fingerprint density at radius 1 is 1.09 bits per heavy atom. The summed E-state index contributed by atoms with van der Waals surface area (Å²) in [6.07, 6.45) is 3.02. The fourth-order valence-corrected chi connectivity index (χ4v) is 4.93. The topological polar surface area (TPSA) is 103 Å². The van der Waals surface area contributed by atoms with Crippen LogP contribution < -0.4 is 14.8 Å². The first-order valence-corrected chi connectivity index (χ1v) is 11.9. The van der Waals surface area contributed by atoms with Gasteiger partial charge in [-0.15, -0.1) is 0 Å². The second kappa shape index (κ2) is 10.2. The molecule has 0 aliphatic heterocycles. The number of carbonyl (C=O) groups excluding carboxylic acids is 1. The summed E-state index contributed by atoms with van der Waals surface area (Å²) < 4.78 is 38.8. The number of nitrogens with zero attached hydrogens (tertiary/aromatic N) is 3. The van der Waals surface area contributed by atoms with Gasteiger partial charge in [0.2, 0.25) is 10.0 Å². The van der Waals surface area contributed by atoms with Crippen molar-refractivity contribution in [3.05, 3.63) is 59.6 Å². The van der Waals surface area contributed by atoms with Gasteiger partial charge in [0.1, 0.15) is 23.5 Å². The van der Waals surface area contributed by atoms with Gasteiger partial charge in [0.25, 0.3) is 5.91 Å². The molecule has 1 heterocycles. The number of hydrogen-bond donors (Lipinski definition) is 1. The molecule has 0 unspecified atom stereocenters. The molecule has 9 nitrogen and oxygen atoms in total. The Morgan fingerprint density at radius 2 is 1.73 bits per heavy atom. The van der Waals surface area contributed by atoms with Gasteiger partial charge >= 0.3 is 0 Å². The lowest BCUT2D eigenvalue weighted by Gasteiger charge is -2.18. The molecule has 3 aromatic rings. The van der Waals surface area contributed by atoms with Crippen LogP contribution in [0.2, 0.25) is 5.02 Å². The zero-order chi connectivity index (χ0) is 24.2. The van der Waals surface area contributed by atoms with E-state index in [1.165, 1.54) is 43.1 Å². The molecule has 1 N–H and O–H groups in total. The molecule has 0 aliphatic rings. The number of methoxy groups -OCH3 is 2. The number of amides is 1. The van der Waals surface area contributed by atoms with Gasteiger partial charge in [0.15, 0.2) is 0 Å². The quantitative estimate of drug-likeness (QED) is 0.487. The highest BCUT2D eigenvalue weighted by Gasteiger charge is 2.21. The predicted molar refractivity (Wildman–Crippen MR) is 126 cm³/mol. The van der Waals surface area contributed by atoms with Crippen LogP contribution in [-0.2, 0) is 10.0 Å². The van der Waals surface area contributed by atoms with Crippen LogP contribution in [0.15, 0.2) is 53.8 Å². The number of carbonyl (C=O) groups is 1. The Hall–Kier alpha value is -3.08. The Morgan fingerprint density at radius 3 is 2.30 bits per heavy atom. The minimum absolute atomic E-state index is 0.156. The van der Waals surface area contributed by atoms with Crippen LogP contribution in [0.3, 0.4) is 0 Å². The fraction of sp³-hybridized carbons (Fsp3) is 0.273. The smallest absolute Gasteiger partial charge is 0.275 e. The number of ether oxygens (including phenoxy) is 2. The van der Waals surface area contributed by atoms with Crippen molar-refractivity contribution in [2.75, 3.05) is 32.6 Å². The van der Waals surface area contributed by atoms with Crippen molar-refractivity contribution in [3.8, 4) is 17.2 Å². The summed E-state index contributed by atoms with van der Waals surface area (Å²) in [6, 6.07) is 9.49. The monoisotopic (exact) mass is 492 g/mol. The summed E-state index contributed by atoms with van der Waals surface area (Å²) in [7, 11) is -0.593. The maximum absolute atomic E-state index is 12.7. The molecular formula is C22H25ClN4O5S. The van der Waals surface area contributed by atoms with E-state index in [0.29, 0.717) is 41.0 Å². The predicted octanol–water partition coefficient (Wildman–Crippen LogP) is 3.83. The van der Waals surface area contributed by atoms with Crippen molar-refractivity contribution in [1.29, 1.82) is 0 Å². The van der Waals surface area contributed by atoms with Crippen molar-refractivity contribution < 1.29 is 22.7 Å². The SMILES string of the molecule is CCN(CC)S(=O)(=O)c1ccc(-n2cnc(C(=O)Nc3cc(Cl)c(OC)cc3OC)c2)cc1. The van der Waals surface area contributed by atoms with Gasteiger partial charge < -0.3 is 19.4 Å². The van der Waals surface area contributed by atoms with E-state index in [9.17, 15) is 13.2 Å². The molecule has 0 fully saturated rings. The van der Waals surface area contributed by atoms with Gasteiger partial charge in [-0.2, -0.15) is 4.31 Å². The molecule has 0 saturated heterocycles. The Balaban J connectivity index is 1.80. The standard InChI is InChI=1S/C22H25ClN4O5S/c1-5-27(6-2)33(29,30)16-9-7-15(8-10-16)26-13-19(24-14-26)22(28)25-18-11-17(23)20(31-3)12-21(18)32-4/h7-14H,5-6H2,1-4H3,(H,25,28). The van der Waals surface area contributed by atoms with E-state index in [-0.39, 0.29) is 10.6 Å². The molecule has 0 saturated carbocycles. The first kappa shape index (κ1) is 24.6. The van der Waals surface area contributed by atoms with Gasteiger partial charge in [-0.25, -0.2) is 13.4 Å². The minimum Gasteiger partial charge on any atom is -0.495 e. The summed E-state index contributed by atoms with van der Waals surface area (Å²) in [6.45, 7) is 4.38. The average Bonchev–Trinajstić information content (AvgIpc) is 3.30. The number of sulfonamides is 1. The zero-order valence-corrected chi connectivity index (χ0v) is 20.3. The summed E-state index contributed by atoms with van der Waals surface area (Å²) in [5.74, 6) is 0.338. The number of hydrogen-bond acceptors (Lipinski definition) is 6. The highest BCUT2D eigenvalue weighted by atomic mass is 35.5. The Kier molecular flexibility index (Phi) is 7.62. The molecule has 0 bridgehead atoms.